The molecule has 1 saturated heterocycles. The van der Waals surface area contributed by atoms with Crippen LogP contribution in [0.25, 0.3) is 10.9 Å². The third kappa shape index (κ3) is 3.62. The van der Waals surface area contributed by atoms with E-state index in [9.17, 15) is 14.7 Å². The average molecular weight is 396 g/mol. The number of hydrogen-bond donors (Lipinski definition) is 2. The summed E-state index contributed by atoms with van der Waals surface area (Å²) in [5.41, 5.74) is 1.12. The lowest BCUT2D eigenvalue weighted by Crippen LogP contribution is -2.48. The van der Waals surface area contributed by atoms with Gasteiger partial charge < -0.3 is 15.3 Å². The molecule has 0 spiro atoms. The third-order valence-corrected chi connectivity index (χ3v) is 6.86. The molecule has 154 valence electrons. The maximum absolute atomic E-state index is 12.8. The Morgan fingerprint density at radius 1 is 1.28 bits per heavy atom. The molecule has 1 aliphatic carbocycles. The van der Waals surface area contributed by atoms with E-state index in [4.69, 9.17) is 0 Å². The van der Waals surface area contributed by atoms with Crippen molar-refractivity contribution in [1.82, 2.24) is 15.2 Å². The Labute approximate surface area is 171 Å². The molecule has 2 fully saturated rings. The van der Waals surface area contributed by atoms with Gasteiger partial charge in [0.25, 0.3) is 5.91 Å². The zero-order chi connectivity index (χ0) is 20.6. The minimum atomic E-state index is -0.412. The Balaban J connectivity index is 1.50. The molecule has 0 unspecified atom stereocenters. The van der Waals surface area contributed by atoms with E-state index >= 15 is 0 Å². The van der Waals surface area contributed by atoms with Crippen LogP contribution in [0.1, 0.15) is 56.3 Å². The maximum Gasteiger partial charge on any atom is 0.251 e. The largest absolute Gasteiger partial charge is 0.392 e. The summed E-state index contributed by atoms with van der Waals surface area (Å²) in [4.78, 5) is 31.4. The highest BCUT2D eigenvalue weighted by Gasteiger charge is 2.54. The first-order valence-electron chi connectivity index (χ1n) is 10.5. The number of rotatable bonds is 3. The quantitative estimate of drug-likeness (QED) is 0.837. The van der Waals surface area contributed by atoms with E-state index in [-0.39, 0.29) is 29.3 Å². The van der Waals surface area contributed by atoms with Crippen LogP contribution in [0.2, 0.25) is 0 Å². The SMILES string of the molecule is CC(=O)N1[C@@H](CNC(=O)c2ccc3ncccc3c2)C[C@@]2(C)[C@@H](O)CCCC[C@@H]12. The zero-order valence-corrected chi connectivity index (χ0v) is 17.1. The van der Waals surface area contributed by atoms with Crippen molar-refractivity contribution >= 4 is 22.7 Å². The Kier molecular flexibility index (Phi) is 5.30. The molecule has 1 aromatic carbocycles. The van der Waals surface area contributed by atoms with Crippen molar-refractivity contribution in [3.05, 3.63) is 42.1 Å². The number of amides is 2. The van der Waals surface area contributed by atoms with Crippen molar-refractivity contribution in [3.8, 4) is 0 Å². The van der Waals surface area contributed by atoms with Crippen molar-refractivity contribution in [2.24, 2.45) is 5.41 Å². The van der Waals surface area contributed by atoms with Gasteiger partial charge in [0, 0.05) is 42.1 Å². The van der Waals surface area contributed by atoms with Gasteiger partial charge in [0.1, 0.15) is 0 Å². The molecule has 6 heteroatoms. The number of aromatic nitrogens is 1. The van der Waals surface area contributed by atoms with Crippen molar-refractivity contribution in [2.45, 2.75) is 64.1 Å². The highest BCUT2D eigenvalue weighted by Crippen LogP contribution is 2.48. The van der Waals surface area contributed by atoms with Crippen molar-refractivity contribution in [2.75, 3.05) is 6.54 Å². The van der Waals surface area contributed by atoms with E-state index in [0.717, 1.165) is 36.6 Å². The normalized spacial score (nSPS) is 29.3. The molecule has 4 atom stereocenters. The number of nitrogens with one attached hydrogen (secondary N) is 1. The summed E-state index contributed by atoms with van der Waals surface area (Å²) in [7, 11) is 0. The Bertz CT molecular complexity index is 930. The molecule has 2 heterocycles. The molecule has 0 radical (unpaired) electrons. The number of nitrogens with zero attached hydrogens (tertiary/aromatic N) is 2. The number of aliphatic hydroxyl groups excluding tert-OH is 1. The van der Waals surface area contributed by atoms with Gasteiger partial charge in [-0.05, 0) is 43.5 Å². The van der Waals surface area contributed by atoms with Crippen LogP contribution < -0.4 is 5.32 Å². The van der Waals surface area contributed by atoms with Crippen molar-refractivity contribution in [1.29, 1.82) is 0 Å². The number of likely N-dealkylation sites (tertiary alicyclic amines) is 1. The summed E-state index contributed by atoms with van der Waals surface area (Å²) in [6, 6.07) is 9.18. The second-order valence-electron chi connectivity index (χ2n) is 8.73. The van der Waals surface area contributed by atoms with E-state index in [1.165, 1.54) is 0 Å². The molecule has 1 aliphatic heterocycles. The maximum atomic E-state index is 12.8. The second-order valence-corrected chi connectivity index (χ2v) is 8.73. The number of benzene rings is 1. The van der Waals surface area contributed by atoms with Crippen molar-refractivity contribution < 1.29 is 14.7 Å². The molecule has 0 bridgehead atoms. The van der Waals surface area contributed by atoms with Gasteiger partial charge in [-0.3, -0.25) is 14.6 Å². The lowest BCUT2D eigenvalue weighted by Gasteiger charge is -2.37. The van der Waals surface area contributed by atoms with Crippen molar-refractivity contribution in [3.63, 3.8) is 0 Å². The molecule has 2 amide bonds. The van der Waals surface area contributed by atoms with Gasteiger partial charge in [0.15, 0.2) is 0 Å². The molecule has 4 rings (SSSR count). The van der Waals surface area contributed by atoms with Gasteiger partial charge in [-0.15, -0.1) is 0 Å². The van der Waals surface area contributed by atoms with Gasteiger partial charge in [-0.1, -0.05) is 25.8 Å². The summed E-state index contributed by atoms with van der Waals surface area (Å²) < 4.78 is 0. The number of hydrogen-bond acceptors (Lipinski definition) is 4. The Morgan fingerprint density at radius 3 is 2.86 bits per heavy atom. The predicted octanol–water partition coefficient (Wildman–Crippen LogP) is 2.90. The monoisotopic (exact) mass is 395 g/mol. The molecule has 2 N–H and O–H groups in total. The summed E-state index contributed by atoms with van der Waals surface area (Å²) in [5, 5.41) is 14.7. The lowest BCUT2D eigenvalue weighted by molar-refractivity contribution is -0.133. The van der Waals surface area contributed by atoms with Gasteiger partial charge in [0.05, 0.1) is 17.7 Å². The first-order chi connectivity index (χ1) is 13.9. The lowest BCUT2D eigenvalue weighted by atomic mass is 9.75. The molecular weight excluding hydrogens is 366 g/mol. The molecule has 1 aromatic heterocycles. The zero-order valence-electron chi connectivity index (χ0n) is 17.1. The van der Waals surface area contributed by atoms with Crippen LogP contribution in [0.4, 0.5) is 0 Å². The van der Waals surface area contributed by atoms with Crippen LogP contribution in [-0.2, 0) is 4.79 Å². The predicted molar refractivity (Wildman–Crippen MR) is 111 cm³/mol. The molecule has 6 nitrogen and oxygen atoms in total. The molecular formula is C23H29N3O3. The van der Waals surface area contributed by atoms with Crippen LogP contribution in [0, 0.1) is 5.41 Å². The molecule has 29 heavy (non-hydrogen) atoms. The smallest absolute Gasteiger partial charge is 0.251 e. The fourth-order valence-corrected chi connectivity index (χ4v) is 5.32. The number of carbonyl (C=O) groups excluding carboxylic acids is 2. The van der Waals surface area contributed by atoms with E-state index in [2.05, 4.69) is 17.2 Å². The molecule has 1 saturated carbocycles. The molecule has 2 aliphatic rings. The first kappa shape index (κ1) is 19.8. The Morgan fingerprint density at radius 2 is 2.07 bits per heavy atom. The van der Waals surface area contributed by atoms with E-state index in [1.54, 1.807) is 19.2 Å². The van der Waals surface area contributed by atoms with Gasteiger partial charge >= 0.3 is 0 Å². The van der Waals surface area contributed by atoms with Crippen LogP contribution in [0.15, 0.2) is 36.5 Å². The average Bonchev–Trinajstić information content (AvgIpc) is 2.93. The third-order valence-electron chi connectivity index (χ3n) is 6.86. The van der Waals surface area contributed by atoms with Crippen LogP contribution in [-0.4, -0.2) is 51.5 Å². The van der Waals surface area contributed by atoms with E-state index in [1.807, 2.05) is 29.2 Å². The highest BCUT2D eigenvalue weighted by molar-refractivity contribution is 5.97. The number of pyridine rings is 1. The minimum absolute atomic E-state index is 0.0175. The topological polar surface area (TPSA) is 82.5 Å². The number of aliphatic hydroxyl groups is 1. The standard InChI is InChI=1S/C23H29N3O3/c1-15(27)26-18(13-23(2)20(26)7-3-4-8-21(23)28)14-25-22(29)17-9-10-19-16(12-17)6-5-11-24-19/h5-6,9-12,18,20-21,28H,3-4,7-8,13-14H2,1-2H3,(H,25,29)/t18-,20-,21+,23-/m1/s1. The molecule has 2 aromatic rings. The second kappa shape index (κ2) is 7.75. The van der Waals surface area contributed by atoms with Crippen LogP contribution in [0.3, 0.4) is 0 Å². The van der Waals surface area contributed by atoms with Gasteiger partial charge in [-0.2, -0.15) is 0 Å². The van der Waals surface area contributed by atoms with Crippen LogP contribution in [0.5, 0.6) is 0 Å². The number of carbonyl (C=O) groups is 2. The van der Waals surface area contributed by atoms with Gasteiger partial charge in [-0.25, -0.2) is 0 Å². The number of fused-ring (bicyclic) bond motifs is 2. The van der Waals surface area contributed by atoms with E-state index < -0.39 is 6.10 Å². The van der Waals surface area contributed by atoms with Crippen LogP contribution >= 0.6 is 0 Å². The minimum Gasteiger partial charge on any atom is -0.392 e. The van der Waals surface area contributed by atoms with E-state index in [0.29, 0.717) is 18.5 Å². The highest BCUT2D eigenvalue weighted by atomic mass is 16.3. The summed E-state index contributed by atoms with van der Waals surface area (Å²) >= 11 is 0. The van der Waals surface area contributed by atoms with Gasteiger partial charge in [0.2, 0.25) is 5.91 Å². The Hall–Kier alpha value is -2.47. The first-order valence-corrected chi connectivity index (χ1v) is 10.5. The summed E-state index contributed by atoms with van der Waals surface area (Å²) in [5.74, 6) is -0.138. The fourth-order valence-electron chi connectivity index (χ4n) is 5.32. The summed E-state index contributed by atoms with van der Waals surface area (Å²) in [6.07, 6.45) is 5.74. The summed E-state index contributed by atoms with van der Waals surface area (Å²) in [6.45, 7) is 4.08. The fraction of sp³-hybridized carbons (Fsp3) is 0.522.